The molecule has 2 saturated heterocycles. The number of halogens is 6. The highest BCUT2D eigenvalue weighted by molar-refractivity contribution is 6.67. The molecule has 6 rings (SSSR count). The molecule has 2 bridgehead atoms. The van der Waals surface area contributed by atoms with E-state index >= 15 is 0 Å². The number of benzene rings is 2. The first-order valence-corrected chi connectivity index (χ1v) is 14.8. The van der Waals surface area contributed by atoms with Crippen LogP contribution in [0.4, 0.5) is 11.4 Å². The van der Waals surface area contributed by atoms with Gasteiger partial charge in [-0.05, 0) is 49.7 Å². The maximum absolute atomic E-state index is 13.7. The van der Waals surface area contributed by atoms with Crippen LogP contribution < -0.4 is 14.5 Å². The molecular formula is C28H20Cl6N2O5. The molecule has 1 saturated carbocycles. The van der Waals surface area contributed by atoms with Crippen molar-refractivity contribution in [1.29, 1.82) is 0 Å². The number of nitrogens with zero attached hydrogens (tertiary/aromatic N) is 2. The largest absolute Gasteiger partial charge is 0.426 e. The van der Waals surface area contributed by atoms with Crippen LogP contribution in [0.5, 0.6) is 5.75 Å². The number of alkyl halides is 4. The summed E-state index contributed by atoms with van der Waals surface area (Å²) in [6.07, 6.45) is 0.0193. The maximum Gasteiger partial charge on any atom is 0.316 e. The van der Waals surface area contributed by atoms with Crippen molar-refractivity contribution in [1.82, 2.24) is 0 Å². The van der Waals surface area contributed by atoms with Gasteiger partial charge in [-0.25, -0.2) is 4.90 Å². The van der Waals surface area contributed by atoms with Crippen molar-refractivity contribution in [2.45, 2.75) is 34.3 Å². The van der Waals surface area contributed by atoms with Gasteiger partial charge in [0.25, 0.3) is 0 Å². The van der Waals surface area contributed by atoms with Gasteiger partial charge in [0.2, 0.25) is 17.7 Å². The lowest BCUT2D eigenvalue weighted by Gasteiger charge is -2.34. The Morgan fingerprint density at radius 3 is 1.98 bits per heavy atom. The fourth-order valence-corrected chi connectivity index (χ4v) is 9.14. The fourth-order valence-electron chi connectivity index (χ4n) is 6.21. The van der Waals surface area contributed by atoms with Crippen LogP contribution in [0, 0.1) is 31.6 Å². The number of allylic oxidation sites excluding steroid dienone is 2. The van der Waals surface area contributed by atoms with Gasteiger partial charge in [-0.2, -0.15) is 0 Å². The van der Waals surface area contributed by atoms with Crippen molar-refractivity contribution < 1.29 is 23.9 Å². The zero-order valence-electron chi connectivity index (χ0n) is 21.4. The Bertz CT molecular complexity index is 1550. The number of hydrogen-bond donors (Lipinski definition) is 0. The van der Waals surface area contributed by atoms with E-state index in [4.69, 9.17) is 74.3 Å². The zero-order chi connectivity index (χ0) is 29.8. The van der Waals surface area contributed by atoms with E-state index in [0.29, 0.717) is 11.3 Å². The van der Waals surface area contributed by atoms with E-state index in [-0.39, 0.29) is 40.4 Å². The predicted molar refractivity (Wildman–Crippen MR) is 158 cm³/mol. The molecule has 0 N–H and O–H groups in total. The van der Waals surface area contributed by atoms with E-state index in [9.17, 15) is 19.2 Å². The Morgan fingerprint density at radius 2 is 1.44 bits per heavy atom. The summed E-state index contributed by atoms with van der Waals surface area (Å²) in [5.74, 6) is -5.09. The number of ether oxygens (including phenoxy) is 1. The van der Waals surface area contributed by atoms with E-state index in [1.807, 2.05) is 31.2 Å². The summed E-state index contributed by atoms with van der Waals surface area (Å²) in [4.78, 5) is 51.6. The van der Waals surface area contributed by atoms with E-state index in [1.165, 1.54) is 18.2 Å². The molecule has 5 atom stereocenters. The molecule has 0 unspecified atom stereocenters. The Morgan fingerprint density at radius 1 is 0.878 bits per heavy atom. The van der Waals surface area contributed by atoms with Crippen LogP contribution in [0.25, 0.3) is 0 Å². The molecule has 0 spiro atoms. The van der Waals surface area contributed by atoms with Gasteiger partial charge in [0.1, 0.15) is 15.5 Å². The highest BCUT2D eigenvalue weighted by atomic mass is 35.5. The molecule has 3 amide bonds. The number of carbonyl (C=O) groups excluding carboxylic acids is 4. The number of fused-ring (bicyclic) bond motifs is 5. The lowest BCUT2D eigenvalue weighted by Crippen LogP contribution is -2.50. The number of anilines is 2. The van der Waals surface area contributed by atoms with E-state index < -0.39 is 49.6 Å². The predicted octanol–water partition coefficient (Wildman–Crippen LogP) is 6.21. The summed E-state index contributed by atoms with van der Waals surface area (Å²) in [6, 6.07) is 11.9. The highest BCUT2D eigenvalue weighted by Gasteiger charge is 2.87. The summed E-state index contributed by atoms with van der Waals surface area (Å²) < 4.78 is 3.56. The minimum absolute atomic E-state index is 0.0193. The lowest BCUT2D eigenvalue weighted by molar-refractivity contribution is -0.139. The average molecular weight is 677 g/mol. The third kappa shape index (κ3) is 3.72. The Kier molecular flexibility index (Phi) is 6.74. The molecule has 2 heterocycles. The van der Waals surface area contributed by atoms with Crippen LogP contribution in [0.1, 0.15) is 17.5 Å². The molecule has 41 heavy (non-hydrogen) atoms. The monoisotopic (exact) mass is 674 g/mol. The molecule has 2 aliphatic heterocycles. The number of amides is 3. The number of rotatable bonds is 4. The van der Waals surface area contributed by atoms with Gasteiger partial charge in [-0.1, -0.05) is 64.1 Å². The first-order valence-electron chi connectivity index (χ1n) is 12.5. The van der Waals surface area contributed by atoms with E-state index in [0.717, 1.165) is 10.5 Å². The normalized spacial score (nSPS) is 31.9. The highest BCUT2D eigenvalue weighted by Crippen LogP contribution is 2.77. The summed E-state index contributed by atoms with van der Waals surface area (Å²) in [5.41, 5.74) is 2.46. The topological polar surface area (TPSA) is 84.0 Å². The van der Waals surface area contributed by atoms with Gasteiger partial charge >= 0.3 is 5.97 Å². The van der Waals surface area contributed by atoms with Crippen molar-refractivity contribution >= 4 is 105 Å². The fraction of sp³-hybridized carbons (Fsp3) is 0.357. The Hall–Kier alpha value is -2.00. The van der Waals surface area contributed by atoms with Crippen LogP contribution in [0.15, 0.2) is 52.5 Å². The molecule has 7 nitrogen and oxygen atoms in total. The smallest absolute Gasteiger partial charge is 0.316 e. The van der Waals surface area contributed by atoms with Crippen molar-refractivity contribution in [3.8, 4) is 5.75 Å². The summed E-state index contributed by atoms with van der Waals surface area (Å²) >= 11 is 39.4. The standard InChI is InChI=1S/C28H20Cl6N2O5/c1-12-3-5-15(6-4-12)35-11-14(10-18(35)37)25(40)41-16-7-8-17(13(2)9-16)36-23(38)19-20(24(36)39)27(32)22(30)21(29)26(19,31)28(27,33)34/h3-9,14,19-20H,10-11H2,1-2H3/t14-,19-,20+,26-,27-/m1/s1. The molecule has 2 aromatic carbocycles. The molecule has 0 radical (unpaired) electrons. The van der Waals surface area contributed by atoms with Crippen molar-refractivity contribution in [3.63, 3.8) is 0 Å². The zero-order valence-corrected chi connectivity index (χ0v) is 25.9. The molecule has 3 fully saturated rings. The van der Waals surface area contributed by atoms with E-state index in [2.05, 4.69) is 0 Å². The number of carbonyl (C=O) groups is 4. The van der Waals surface area contributed by atoms with Gasteiger partial charge in [0, 0.05) is 18.7 Å². The molecule has 4 aliphatic rings. The lowest BCUT2D eigenvalue weighted by atomic mass is 9.84. The first kappa shape index (κ1) is 29.1. The molecule has 214 valence electrons. The number of aryl methyl sites for hydroxylation is 2. The Labute approximate surface area is 265 Å². The quantitative estimate of drug-likeness (QED) is 0.166. The van der Waals surface area contributed by atoms with Crippen molar-refractivity contribution in [2.24, 2.45) is 17.8 Å². The van der Waals surface area contributed by atoms with Gasteiger partial charge < -0.3 is 9.64 Å². The van der Waals surface area contributed by atoms with Gasteiger partial charge in [0.05, 0.1) is 33.5 Å². The number of hydrogen-bond acceptors (Lipinski definition) is 5. The van der Waals surface area contributed by atoms with Gasteiger partial charge in [0.15, 0.2) is 4.33 Å². The van der Waals surface area contributed by atoms with Gasteiger partial charge in [-0.3, -0.25) is 19.2 Å². The van der Waals surface area contributed by atoms with E-state index in [1.54, 1.807) is 11.8 Å². The van der Waals surface area contributed by atoms with Crippen LogP contribution >= 0.6 is 69.6 Å². The third-order valence-corrected chi connectivity index (χ3v) is 12.6. The van der Waals surface area contributed by atoms with Crippen LogP contribution in [0.2, 0.25) is 0 Å². The van der Waals surface area contributed by atoms with Crippen LogP contribution in [0.3, 0.4) is 0 Å². The minimum atomic E-state index is -2.02. The maximum atomic E-state index is 13.7. The number of imide groups is 1. The molecule has 2 aliphatic carbocycles. The van der Waals surface area contributed by atoms with Crippen LogP contribution in [-0.4, -0.2) is 44.3 Å². The molecule has 0 aromatic heterocycles. The van der Waals surface area contributed by atoms with Crippen molar-refractivity contribution in [2.75, 3.05) is 16.3 Å². The SMILES string of the molecule is Cc1ccc(N2C[C@H](C(=O)Oc3ccc(N4C(=O)[C@@H]5[C@H](C4=O)[C@@]4(Cl)C(Cl)=C(Cl)[C@@]5(Cl)C4(Cl)Cl)c(C)c3)CC2=O)cc1. The average Bonchev–Trinajstić information content (AvgIpc) is 3.50. The second-order valence-electron chi connectivity index (χ2n) is 10.7. The second-order valence-corrected chi connectivity index (χ2v) is 14.0. The second kappa shape index (κ2) is 9.50. The molecular weight excluding hydrogens is 657 g/mol. The van der Waals surface area contributed by atoms with Gasteiger partial charge in [-0.15, -0.1) is 23.2 Å². The van der Waals surface area contributed by atoms with Crippen LogP contribution in [-0.2, 0) is 19.2 Å². The Balaban J connectivity index is 1.21. The molecule has 13 heteroatoms. The third-order valence-electron chi connectivity index (χ3n) is 8.34. The summed E-state index contributed by atoms with van der Waals surface area (Å²) in [7, 11) is 0. The number of esters is 1. The minimum Gasteiger partial charge on any atom is -0.426 e. The van der Waals surface area contributed by atoms with Crippen molar-refractivity contribution in [3.05, 3.63) is 63.7 Å². The summed E-state index contributed by atoms with van der Waals surface area (Å²) in [6.45, 7) is 3.79. The summed E-state index contributed by atoms with van der Waals surface area (Å²) in [5, 5.41) is -0.342. The first-order chi connectivity index (χ1) is 19.2. The molecule has 2 aromatic rings.